The van der Waals surface area contributed by atoms with Gasteiger partial charge >= 0.3 is 0 Å². The minimum absolute atomic E-state index is 0.0535. The van der Waals surface area contributed by atoms with Crippen molar-refractivity contribution < 1.29 is 14.2 Å². The van der Waals surface area contributed by atoms with E-state index < -0.39 is 5.79 Å². The Morgan fingerprint density at radius 1 is 1.00 bits per heavy atom. The Balaban J connectivity index is 1.15. The van der Waals surface area contributed by atoms with Crippen LogP contribution in [0.25, 0.3) is 11.1 Å². The molecule has 0 aliphatic carbocycles. The molecular weight excluding hydrogens is 504 g/mol. The minimum Gasteiger partial charge on any atom is -0.497 e. The highest BCUT2D eigenvalue weighted by Gasteiger charge is 2.41. The Kier molecular flexibility index (Phi) is 8.52. The van der Waals surface area contributed by atoms with Crippen LogP contribution in [-0.4, -0.2) is 40.9 Å². The molecule has 0 bridgehead atoms. The number of thioether (sulfide) groups is 1. The summed E-state index contributed by atoms with van der Waals surface area (Å²) in [6.45, 7) is 1.22. The lowest BCUT2D eigenvalue weighted by atomic mass is 10.0. The lowest BCUT2D eigenvalue weighted by Gasteiger charge is -2.28. The average Bonchev–Trinajstić information content (AvgIpc) is 3.59. The molecule has 2 atom stereocenters. The van der Waals surface area contributed by atoms with Crippen molar-refractivity contribution >= 4 is 23.4 Å². The SMILES string of the molecule is COc1ccc(CCC2(Cn3ccnc3)OCC(CSCc3ccc(-c4ccc(Cl)cc4)cc3)O2)cc1. The molecule has 0 spiro atoms. The summed E-state index contributed by atoms with van der Waals surface area (Å²) in [5, 5.41) is 0.754. The molecule has 37 heavy (non-hydrogen) atoms. The highest BCUT2D eigenvalue weighted by molar-refractivity contribution is 7.98. The normalized spacial score (nSPS) is 19.2. The fourth-order valence-electron chi connectivity index (χ4n) is 4.52. The molecule has 7 heteroatoms. The monoisotopic (exact) mass is 534 g/mol. The summed E-state index contributed by atoms with van der Waals surface area (Å²) in [4.78, 5) is 4.19. The van der Waals surface area contributed by atoms with Crippen LogP contribution in [0.2, 0.25) is 5.02 Å². The molecular formula is C30H31ClN2O3S. The van der Waals surface area contributed by atoms with Gasteiger partial charge in [-0.1, -0.05) is 60.1 Å². The highest BCUT2D eigenvalue weighted by Crippen LogP contribution is 2.33. The van der Waals surface area contributed by atoms with Gasteiger partial charge in [0.15, 0.2) is 5.79 Å². The van der Waals surface area contributed by atoms with E-state index in [1.54, 1.807) is 13.3 Å². The summed E-state index contributed by atoms with van der Waals surface area (Å²) in [5.74, 6) is 2.02. The Morgan fingerprint density at radius 2 is 1.70 bits per heavy atom. The van der Waals surface area contributed by atoms with Crippen LogP contribution in [0.4, 0.5) is 0 Å². The van der Waals surface area contributed by atoms with E-state index in [1.165, 1.54) is 22.3 Å². The van der Waals surface area contributed by atoms with Gasteiger partial charge in [-0.3, -0.25) is 0 Å². The maximum absolute atomic E-state index is 6.59. The van der Waals surface area contributed by atoms with Gasteiger partial charge in [-0.15, -0.1) is 0 Å². The standard InChI is InChI=1S/C30H31ClN2O3S/c1-34-28-12-4-23(5-13-28)14-15-30(21-33-17-16-32-22-33)35-18-29(36-30)20-37-19-24-2-6-25(7-3-24)26-8-10-27(31)11-9-26/h2-13,16-17,22,29H,14-15,18-21H2,1H3. The van der Waals surface area contributed by atoms with Gasteiger partial charge in [-0.2, -0.15) is 11.8 Å². The first-order valence-corrected chi connectivity index (χ1v) is 14.0. The second kappa shape index (κ2) is 12.2. The number of aryl methyl sites for hydroxylation is 1. The Hall–Kier alpha value is -2.77. The van der Waals surface area contributed by atoms with Gasteiger partial charge in [0.25, 0.3) is 0 Å². The molecule has 192 valence electrons. The molecule has 1 aliphatic rings. The van der Waals surface area contributed by atoms with Crippen molar-refractivity contribution in [2.75, 3.05) is 19.5 Å². The van der Waals surface area contributed by atoms with Crippen molar-refractivity contribution in [1.29, 1.82) is 0 Å². The van der Waals surface area contributed by atoms with Crippen molar-refractivity contribution in [2.24, 2.45) is 0 Å². The average molecular weight is 535 g/mol. The van der Waals surface area contributed by atoms with E-state index in [4.69, 9.17) is 25.8 Å². The van der Waals surface area contributed by atoms with E-state index in [1.807, 2.05) is 65.3 Å². The molecule has 1 aromatic heterocycles. The Bertz CT molecular complexity index is 1250. The lowest BCUT2D eigenvalue weighted by molar-refractivity contribution is -0.180. The molecule has 0 amide bonds. The first-order chi connectivity index (χ1) is 18.1. The molecule has 5 rings (SSSR count). The van der Waals surface area contributed by atoms with Crippen LogP contribution >= 0.6 is 23.4 Å². The van der Waals surface area contributed by atoms with E-state index in [2.05, 4.69) is 41.4 Å². The van der Waals surface area contributed by atoms with Gasteiger partial charge in [0.05, 0.1) is 32.7 Å². The smallest absolute Gasteiger partial charge is 0.187 e. The summed E-state index contributed by atoms with van der Waals surface area (Å²) in [7, 11) is 1.68. The molecule has 0 radical (unpaired) electrons. The second-order valence-electron chi connectivity index (χ2n) is 9.26. The summed E-state index contributed by atoms with van der Waals surface area (Å²) in [6, 6.07) is 24.9. The van der Waals surface area contributed by atoms with E-state index in [9.17, 15) is 0 Å². The van der Waals surface area contributed by atoms with E-state index in [0.29, 0.717) is 13.2 Å². The molecule has 0 N–H and O–H groups in total. The van der Waals surface area contributed by atoms with Crippen LogP contribution in [0.3, 0.4) is 0 Å². The highest BCUT2D eigenvalue weighted by atomic mass is 35.5. The first-order valence-electron chi connectivity index (χ1n) is 12.4. The van der Waals surface area contributed by atoms with E-state index >= 15 is 0 Å². The number of hydrogen-bond acceptors (Lipinski definition) is 5. The number of methoxy groups -OCH3 is 1. The molecule has 3 aromatic carbocycles. The van der Waals surface area contributed by atoms with E-state index in [-0.39, 0.29) is 6.10 Å². The molecule has 0 saturated carbocycles. The predicted octanol–water partition coefficient (Wildman–Crippen LogP) is 6.89. The third kappa shape index (κ3) is 6.96. The zero-order valence-electron chi connectivity index (χ0n) is 20.9. The number of halogens is 1. The maximum Gasteiger partial charge on any atom is 0.187 e. The van der Waals surface area contributed by atoms with Gasteiger partial charge in [-0.05, 0) is 52.9 Å². The lowest BCUT2D eigenvalue weighted by Crippen LogP contribution is -2.37. The quantitative estimate of drug-likeness (QED) is 0.210. The largest absolute Gasteiger partial charge is 0.497 e. The van der Waals surface area contributed by atoms with Crippen LogP contribution in [0.5, 0.6) is 5.75 Å². The molecule has 1 fully saturated rings. The minimum atomic E-state index is -0.661. The number of nitrogens with zero attached hydrogens (tertiary/aromatic N) is 2. The fourth-order valence-corrected chi connectivity index (χ4v) is 5.62. The number of benzene rings is 3. The molecule has 1 aliphatic heterocycles. The Morgan fingerprint density at radius 3 is 2.38 bits per heavy atom. The summed E-state index contributed by atoms with van der Waals surface area (Å²) in [6.07, 6.45) is 7.24. The van der Waals surface area contributed by atoms with Crippen molar-refractivity contribution in [1.82, 2.24) is 9.55 Å². The fraction of sp³-hybridized carbons (Fsp3) is 0.300. The van der Waals surface area contributed by atoms with Crippen LogP contribution in [0.1, 0.15) is 17.5 Å². The van der Waals surface area contributed by atoms with Crippen LogP contribution in [0.15, 0.2) is 91.5 Å². The summed E-state index contributed by atoms with van der Waals surface area (Å²) in [5.41, 5.74) is 4.90. The van der Waals surface area contributed by atoms with Gasteiger partial charge in [0.1, 0.15) is 5.75 Å². The van der Waals surface area contributed by atoms with Crippen molar-refractivity contribution in [3.8, 4) is 16.9 Å². The van der Waals surface area contributed by atoms with Crippen molar-refractivity contribution in [3.05, 3.63) is 108 Å². The topological polar surface area (TPSA) is 45.5 Å². The molecule has 5 nitrogen and oxygen atoms in total. The zero-order chi connectivity index (χ0) is 25.5. The summed E-state index contributed by atoms with van der Waals surface area (Å²) >= 11 is 7.89. The van der Waals surface area contributed by atoms with Gasteiger partial charge in [-0.25, -0.2) is 4.98 Å². The third-order valence-electron chi connectivity index (χ3n) is 6.55. The van der Waals surface area contributed by atoms with Gasteiger partial charge in [0.2, 0.25) is 0 Å². The first kappa shape index (κ1) is 25.9. The zero-order valence-corrected chi connectivity index (χ0v) is 22.5. The van der Waals surface area contributed by atoms with Crippen LogP contribution < -0.4 is 4.74 Å². The number of ether oxygens (including phenoxy) is 3. The Labute approximate surface area is 227 Å². The molecule has 4 aromatic rings. The maximum atomic E-state index is 6.59. The van der Waals surface area contributed by atoms with Crippen molar-refractivity contribution in [3.63, 3.8) is 0 Å². The second-order valence-corrected chi connectivity index (χ2v) is 10.7. The number of hydrogen-bond donors (Lipinski definition) is 0. The van der Waals surface area contributed by atoms with Gasteiger partial charge in [0, 0.05) is 35.3 Å². The van der Waals surface area contributed by atoms with Crippen molar-refractivity contribution in [2.45, 2.75) is 37.0 Å². The van der Waals surface area contributed by atoms with E-state index in [0.717, 1.165) is 35.1 Å². The number of imidazole rings is 1. The third-order valence-corrected chi connectivity index (χ3v) is 7.95. The molecule has 2 unspecified atom stereocenters. The molecule has 2 heterocycles. The predicted molar refractivity (Wildman–Crippen MR) is 150 cm³/mol. The molecule has 1 saturated heterocycles. The van der Waals surface area contributed by atoms with Crippen LogP contribution in [0, 0.1) is 0 Å². The number of aromatic nitrogens is 2. The number of rotatable bonds is 11. The van der Waals surface area contributed by atoms with Crippen LogP contribution in [-0.2, 0) is 28.2 Å². The van der Waals surface area contributed by atoms with Gasteiger partial charge < -0.3 is 18.8 Å². The summed E-state index contributed by atoms with van der Waals surface area (Å²) < 4.78 is 20.3.